The fourth-order valence-electron chi connectivity index (χ4n) is 2.67. The average Bonchev–Trinajstić information content (AvgIpc) is 3.24. The van der Waals surface area contributed by atoms with E-state index in [2.05, 4.69) is 25.6 Å². The van der Waals surface area contributed by atoms with Crippen molar-refractivity contribution in [3.63, 3.8) is 0 Å². The van der Waals surface area contributed by atoms with Crippen molar-refractivity contribution in [2.24, 2.45) is 0 Å². The smallest absolute Gasteiger partial charge is 0.239 e. The number of hydrogen-bond donors (Lipinski definition) is 2. The molecule has 1 amide bonds. The minimum Gasteiger partial charge on any atom is -0.467 e. The van der Waals surface area contributed by atoms with Crippen LogP contribution in [0.2, 0.25) is 0 Å². The Morgan fingerprint density at radius 2 is 1.85 bits per heavy atom. The molecule has 2 N–H and O–H groups in total. The van der Waals surface area contributed by atoms with Crippen LogP contribution in [0, 0.1) is 0 Å². The first-order valence-electron chi connectivity index (χ1n) is 8.50. The van der Waals surface area contributed by atoms with Gasteiger partial charge in [-0.1, -0.05) is 12.1 Å². The second-order valence-electron chi connectivity index (χ2n) is 5.86. The van der Waals surface area contributed by atoms with E-state index in [1.807, 2.05) is 42.5 Å². The molecule has 0 fully saturated rings. The summed E-state index contributed by atoms with van der Waals surface area (Å²) in [5.41, 5.74) is 1.67. The van der Waals surface area contributed by atoms with Crippen LogP contribution >= 0.6 is 0 Å². The largest absolute Gasteiger partial charge is 0.467 e. The van der Waals surface area contributed by atoms with Crippen LogP contribution in [0.25, 0.3) is 22.3 Å². The lowest BCUT2D eigenvalue weighted by Gasteiger charge is -2.11. The molecule has 0 aliphatic heterocycles. The van der Waals surface area contributed by atoms with Crippen molar-refractivity contribution >= 4 is 22.6 Å². The zero-order chi connectivity index (χ0) is 18.5. The number of carbonyl (C=O) groups excluding carboxylic acids is 1. The summed E-state index contributed by atoms with van der Waals surface area (Å²) in [7, 11) is 0. The van der Waals surface area contributed by atoms with Gasteiger partial charge in [0.1, 0.15) is 11.6 Å². The van der Waals surface area contributed by atoms with E-state index in [0.717, 1.165) is 16.5 Å². The molecule has 0 radical (unpaired) electrons. The Balaban J connectivity index is 1.54. The van der Waals surface area contributed by atoms with E-state index in [9.17, 15) is 4.79 Å². The predicted octanol–water partition coefficient (Wildman–Crippen LogP) is 3.01. The summed E-state index contributed by atoms with van der Waals surface area (Å²) in [4.78, 5) is 25.4. The average molecular weight is 359 g/mol. The molecule has 4 aromatic rings. The molecule has 0 aliphatic carbocycles. The highest BCUT2D eigenvalue weighted by atomic mass is 16.3. The molecule has 4 rings (SSSR count). The van der Waals surface area contributed by atoms with Gasteiger partial charge in [-0.3, -0.25) is 9.78 Å². The summed E-state index contributed by atoms with van der Waals surface area (Å²) in [6.45, 7) is 0.442. The van der Waals surface area contributed by atoms with E-state index in [0.29, 0.717) is 23.9 Å². The minimum atomic E-state index is -0.153. The van der Waals surface area contributed by atoms with Gasteiger partial charge in [0.05, 0.1) is 24.9 Å². The molecule has 0 aliphatic rings. The lowest BCUT2D eigenvalue weighted by molar-refractivity contribution is -0.119. The highest BCUT2D eigenvalue weighted by Gasteiger charge is 2.10. The maximum absolute atomic E-state index is 12.1. The van der Waals surface area contributed by atoms with Crippen LogP contribution in [0.4, 0.5) is 5.82 Å². The van der Waals surface area contributed by atoms with Gasteiger partial charge < -0.3 is 15.1 Å². The van der Waals surface area contributed by atoms with E-state index < -0.39 is 0 Å². The Kier molecular flexibility index (Phi) is 4.74. The number of pyridine rings is 1. The van der Waals surface area contributed by atoms with Gasteiger partial charge in [0.2, 0.25) is 5.91 Å². The number of aromatic nitrogens is 3. The van der Waals surface area contributed by atoms with E-state index in [1.54, 1.807) is 24.7 Å². The number of hydrogen-bond acceptors (Lipinski definition) is 6. The first kappa shape index (κ1) is 16.7. The molecule has 7 heteroatoms. The number of nitrogens with one attached hydrogen (secondary N) is 2. The molecule has 0 atom stereocenters. The van der Waals surface area contributed by atoms with Crippen LogP contribution in [-0.2, 0) is 11.3 Å². The van der Waals surface area contributed by atoms with Crippen molar-refractivity contribution in [2.45, 2.75) is 6.54 Å². The fraction of sp³-hybridized carbons (Fsp3) is 0.100. The molecule has 7 nitrogen and oxygen atoms in total. The maximum atomic E-state index is 12.1. The highest BCUT2D eigenvalue weighted by Crippen LogP contribution is 2.24. The zero-order valence-electron chi connectivity index (χ0n) is 14.4. The number of anilines is 1. The summed E-state index contributed by atoms with van der Waals surface area (Å²) in [5, 5.41) is 6.78. The molecule has 3 heterocycles. The SMILES string of the molecule is O=C(CNc1nc(-c2ccncc2)nc2ccccc12)NCc1ccco1. The molecule has 0 bridgehead atoms. The molecular weight excluding hydrogens is 342 g/mol. The third kappa shape index (κ3) is 3.92. The Labute approximate surface area is 155 Å². The first-order chi connectivity index (χ1) is 13.3. The minimum absolute atomic E-state index is 0.0947. The van der Waals surface area contributed by atoms with Crippen LogP contribution < -0.4 is 10.6 Å². The van der Waals surface area contributed by atoms with E-state index in [1.165, 1.54) is 0 Å². The van der Waals surface area contributed by atoms with E-state index in [-0.39, 0.29) is 12.5 Å². The van der Waals surface area contributed by atoms with Crippen LogP contribution in [0.1, 0.15) is 5.76 Å². The molecule has 134 valence electrons. The van der Waals surface area contributed by atoms with Crippen molar-refractivity contribution in [3.8, 4) is 11.4 Å². The number of carbonyl (C=O) groups is 1. The fourth-order valence-corrected chi connectivity index (χ4v) is 2.67. The number of nitrogens with zero attached hydrogens (tertiary/aromatic N) is 3. The quantitative estimate of drug-likeness (QED) is 0.550. The van der Waals surface area contributed by atoms with Crippen LogP contribution in [0.3, 0.4) is 0 Å². The number of para-hydroxylation sites is 1. The second kappa shape index (κ2) is 7.65. The third-order valence-electron chi connectivity index (χ3n) is 4.00. The Bertz CT molecular complexity index is 1050. The van der Waals surface area contributed by atoms with Crippen molar-refractivity contribution in [3.05, 3.63) is 72.9 Å². The Morgan fingerprint density at radius 1 is 1.00 bits per heavy atom. The number of rotatable bonds is 6. The molecular formula is C20H17N5O2. The van der Waals surface area contributed by atoms with Gasteiger partial charge in [0.15, 0.2) is 5.82 Å². The molecule has 3 aromatic heterocycles. The van der Waals surface area contributed by atoms with Gasteiger partial charge in [-0.25, -0.2) is 9.97 Å². The molecule has 0 unspecified atom stereocenters. The molecule has 0 saturated heterocycles. The number of fused-ring (bicyclic) bond motifs is 1. The molecule has 0 saturated carbocycles. The van der Waals surface area contributed by atoms with Gasteiger partial charge >= 0.3 is 0 Å². The van der Waals surface area contributed by atoms with E-state index in [4.69, 9.17) is 4.42 Å². The topological polar surface area (TPSA) is 92.9 Å². The standard InChI is InChI=1S/C20H17N5O2/c26-18(22-12-15-4-3-11-27-15)13-23-20-16-5-1-2-6-17(16)24-19(25-20)14-7-9-21-10-8-14/h1-11H,12-13H2,(H,22,26)(H,23,24,25). The van der Waals surface area contributed by atoms with Crippen molar-refractivity contribution in [2.75, 3.05) is 11.9 Å². The van der Waals surface area contributed by atoms with Gasteiger partial charge in [0, 0.05) is 23.3 Å². The second-order valence-corrected chi connectivity index (χ2v) is 5.86. The summed E-state index contributed by atoms with van der Waals surface area (Å²) in [5.74, 6) is 1.74. The lowest BCUT2D eigenvalue weighted by Crippen LogP contribution is -2.29. The summed E-state index contributed by atoms with van der Waals surface area (Å²) in [6, 6.07) is 15.0. The monoisotopic (exact) mass is 359 g/mol. The normalized spacial score (nSPS) is 10.7. The maximum Gasteiger partial charge on any atom is 0.239 e. The van der Waals surface area contributed by atoms with Crippen LogP contribution in [-0.4, -0.2) is 27.4 Å². The summed E-state index contributed by atoms with van der Waals surface area (Å²) in [6.07, 6.45) is 4.97. The highest BCUT2D eigenvalue weighted by molar-refractivity contribution is 5.92. The van der Waals surface area contributed by atoms with E-state index >= 15 is 0 Å². The number of benzene rings is 1. The van der Waals surface area contributed by atoms with Crippen LogP contribution in [0.15, 0.2) is 71.6 Å². The van der Waals surface area contributed by atoms with Crippen molar-refractivity contribution in [1.82, 2.24) is 20.3 Å². The van der Waals surface area contributed by atoms with Crippen molar-refractivity contribution < 1.29 is 9.21 Å². The summed E-state index contributed by atoms with van der Waals surface area (Å²) >= 11 is 0. The van der Waals surface area contributed by atoms with Gasteiger partial charge in [-0.15, -0.1) is 0 Å². The molecule has 0 spiro atoms. The molecule has 1 aromatic carbocycles. The first-order valence-corrected chi connectivity index (χ1v) is 8.50. The predicted molar refractivity (Wildman–Crippen MR) is 102 cm³/mol. The zero-order valence-corrected chi connectivity index (χ0v) is 14.4. The Morgan fingerprint density at radius 3 is 2.67 bits per heavy atom. The van der Waals surface area contributed by atoms with Crippen molar-refractivity contribution in [1.29, 1.82) is 0 Å². The lowest BCUT2D eigenvalue weighted by atomic mass is 10.2. The van der Waals surface area contributed by atoms with Gasteiger partial charge in [0.25, 0.3) is 0 Å². The van der Waals surface area contributed by atoms with Gasteiger partial charge in [-0.2, -0.15) is 0 Å². The Hall–Kier alpha value is -3.74. The molecule has 27 heavy (non-hydrogen) atoms. The number of furan rings is 1. The number of amides is 1. The van der Waals surface area contributed by atoms with Gasteiger partial charge in [-0.05, 0) is 36.4 Å². The summed E-state index contributed by atoms with van der Waals surface area (Å²) < 4.78 is 5.21. The third-order valence-corrected chi connectivity index (χ3v) is 4.00. The van der Waals surface area contributed by atoms with Crippen LogP contribution in [0.5, 0.6) is 0 Å².